The molecule has 0 bridgehead atoms. The van der Waals surface area contributed by atoms with Gasteiger partial charge in [-0.2, -0.15) is 0 Å². The highest BCUT2D eigenvalue weighted by molar-refractivity contribution is 6.01. The molecule has 2 N–H and O–H groups in total. The van der Waals surface area contributed by atoms with Gasteiger partial charge < -0.3 is 15.4 Å². The molecule has 0 aliphatic rings. The van der Waals surface area contributed by atoms with Gasteiger partial charge in [0.25, 0.3) is 0 Å². The third-order valence-corrected chi connectivity index (χ3v) is 2.84. The maximum absolute atomic E-state index is 12.0. The van der Waals surface area contributed by atoms with Crippen molar-refractivity contribution in [2.24, 2.45) is 0 Å². The molecule has 0 aliphatic heterocycles. The summed E-state index contributed by atoms with van der Waals surface area (Å²) in [6.45, 7) is 0. The molecule has 0 atom stereocenters. The van der Waals surface area contributed by atoms with Crippen LogP contribution in [0, 0.1) is 0 Å². The van der Waals surface area contributed by atoms with Crippen molar-refractivity contribution in [3.05, 3.63) is 66.2 Å². The fourth-order valence-corrected chi connectivity index (χ4v) is 1.79. The Morgan fingerprint density at radius 3 is 2.36 bits per heavy atom. The molecule has 5 nitrogen and oxygen atoms in total. The van der Waals surface area contributed by atoms with Gasteiger partial charge in [0.15, 0.2) is 0 Å². The number of benzene rings is 2. The summed E-state index contributed by atoms with van der Waals surface area (Å²) in [4.78, 5) is 23.1. The van der Waals surface area contributed by atoms with Gasteiger partial charge >= 0.3 is 12.0 Å². The van der Waals surface area contributed by atoms with E-state index in [1.165, 1.54) is 13.2 Å². The predicted octanol–water partition coefficient (Wildman–Crippen LogP) is 3.52. The molecule has 0 saturated carbocycles. The average molecular weight is 296 g/mol. The van der Waals surface area contributed by atoms with E-state index in [2.05, 4.69) is 15.4 Å². The maximum atomic E-state index is 12.0. The summed E-state index contributed by atoms with van der Waals surface area (Å²) >= 11 is 0. The fourth-order valence-electron chi connectivity index (χ4n) is 1.79. The Morgan fingerprint density at radius 2 is 1.64 bits per heavy atom. The van der Waals surface area contributed by atoms with Crippen molar-refractivity contribution >= 4 is 29.5 Å². The zero-order chi connectivity index (χ0) is 15.8. The van der Waals surface area contributed by atoms with Crippen LogP contribution in [0.3, 0.4) is 0 Å². The number of rotatable bonds is 4. The molecule has 112 valence electrons. The molecule has 5 heteroatoms. The van der Waals surface area contributed by atoms with Crippen molar-refractivity contribution < 1.29 is 14.3 Å². The first-order chi connectivity index (χ1) is 10.7. The Balaban J connectivity index is 2.07. The van der Waals surface area contributed by atoms with Gasteiger partial charge in [-0.1, -0.05) is 36.4 Å². The van der Waals surface area contributed by atoms with Crippen LogP contribution >= 0.6 is 0 Å². The smallest absolute Gasteiger partial charge is 0.330 e. The summed E-state index contributed by atoms with van der Waals surface area (Å²) in [5.41, 5.74) is 2.00. The van der Waals surface area contributed by atoms with Crippen molar-refractivity contribution in [1.82, 2.24) is 0 Å². The highest BCUT2D eigenvalue weighted by Crippen LogP contribution is 2.17. The molecular weight excluding hydrogens is 280 g/mol. The lowest BCUT2D eigenvalue weighted by Crippen LogP contribution is -2.19. The van der Waals surface area contributed by atoms with Crippen molar-refractivity contribution in [3.63, 3.8) is 0 Å². The summed E-state index contributed by atoms with van der Waals surface area (Å²) < 4.78 is 4.55. The number of nitrogens with one attached hydrogen (secondary N) is 2. The molecule has 0 radical (unpaired) electrons. The number of amides is 2. The van der Waals surface area contributed by atoms with Crippen molar-refractivity contribution in [3.8, 4) is 0 Å². The van der Waals surface area contributed by atoms with Crippen LogP contribution in [0.15, 0.2) is 60.7 Å². The number of para-hydroxylation sites is 2. The van der Waals surface area contributed by atoms with Crippen LogP contribution in [0.2, 0.25) is 0 Å². The fraction of sp³-hybridized carbons (Fsp3) is 0.0588. The third-order valence-electron chi connectivity index (χ3n) is 2.84. The number of carbonyl (C=O) groups is 2. The number of ether oxygens (including phenoxy) is 1. The number of carbonyl (C=O) groups excluding carboxylic acids is 2. The third kappa shape index (κ3) is 4.49. The number of methoxy groups -OCH3 is 1. The van der Waals surface area contributed by atoms with Crippen LogP contribution in [0.5, 0.6) is 0 Å². The molecule has 0 unspecified atom stereocenters. The monoisotopic (exact) mass is 296 g/mol. The molecular formula is C17H16N2O3. The number of anilines is 2. The molecule has 0 saturated heterocycles. The SMILES string of the molecule is COC(=O)C=Cc1ccccc1NC(=O)Nc1ccccc1. The number of hydrogen-bond donors (Lipinski definition) is 2. The molecule has 0 spiro atoms. The molecule has 2 rings (SSSR count). The van der Waals surface area contributed by atoms with Gasteiger partial charge in [-0.3, -0.25) is 0 Å². The van der Waals surface area contributed by atoms with Crippen LogP contribution in [-0.2, 0) is 9.53 Å². The van der Waals surface area contributed by atoms with E-state index in [1.54, 1.807) is 36.4 Å². The molecule has 2 amide bonds. The van der Waals surface area contributed by atoms with Crippen LogP contribution in [-0.4, -0.2) is 19.1 Å². The first-order valence-corrected chi connectivity index (χ1v) is 6.67. The minimum Gasteiger partial charge on any atom is -0.466 e. The maximum Gasteiger partial charge on any atom is 0.330 e. The molecule has 0 aliphatic carbocycles. The second-order valence-electron chi connectivity index (χ2n) is 4.39. The zero-order valence-corrected chi connectivity index (χ0v) is 12.1. The lowest BCUT2D eigenvalue weighted by molar-refractivity contribution is -0.134. The topological polar surface area (TPSA) is 67.4 Å². The van der Waals surface area contributed by atoms with Gasteiger partial charge in [0.05, 0.1) is 7.11 Å². The molecule has 0 aromatic heterocycles. The van der Waals surface area contributed by atoms with Crippen LogP contribution < -0.4 is 10.6 Å². The lowest BCUT2D eigenvalue weighted by Gasteiger charge is -2.10. The Labute approximate surface area is 128 Å². The normalized spacial score (nSPS) is 10.2. The lowest BCUT2D eigenvalue weighted by atomic mass is 10.1. The molecule has 2 aromatic rings. The first-order valence-electron chi connectivity index (χ1n) is 6.67. The Kier molecular flexibility index (Phi) is 5.31. The highest BCUT2D eigenvalue weighted by atomic mass is 16.5. The van der Waals surface area contributed by atoms with Gasteiger partial charge in [-0.15, -0.1) is 0 Å². The first kappa shape index (κ1) is 15.3. The van der Waals surface area contributed by atoms with E-state index in [9.17, 15) is 9.59 Å². The van der Waals surface area contributed by atoms with Gasteiger partial charge in [0, 0.05) is 17.5 Å². The summed E-state index contributed by atoms with van der Waals surface area (Å²) in [5, 5.41) is 5.48. The Bertz CT molecular complexity index is 681. The molecule has 22 heavy (non-hydrogen) atoms. The van der Waals surface area contributed by atoms with Gasteiger partial charge in [-0.25, -0.2) is 9.59 Å². The van der Waals surface area contributed by atoms with Crippen LogP contribution in [0.1, 0.15) is 5.56 Å². The van der Waals surface area contributed by atoms with Gasteiger partial charge in [-0.05, 0) is 29.8 Å². The summed E-state index contributed by atoms with van der Waals surface area (Å²) in [7, 11) is 1.31. The van der Waals surface area contributed by atoms with E-state index in [0.29, 0.717) is 16.9 Å². The Hall–Kier alpha value is -3.08. The average Bonchev–Trinajstić information content (AvgIpc) is 2.54. The quantitative estimate of drug-likeness (QED) is 0.670. The van der Waals surface area contributed by atoms with E-state index >= 15 is 0 Å². The van der Waals surface area contributed by atoms with E-state index in [-0.39, 0.29) is 6.03 Å². The van der Waals surface area contributed by atoms with Crippen molar-refractivity contribution in [1.29, 1.82) is 0 Å². The molecule has 0 fully saturated rings. The minimum atomic E-state index is -0.455. The number of hydrogen-bond acceptors (Lipinski definition) is 3. The number of esters is 1. The highest BCUT2D eigenvalue weighted by Gasteiger charge is 2.05. The predicted molar refractivity (Wildman–Crippen MR) is 86.6 cm³/mol. The van der Waals surface area contributed by atoms with E-state index in [0.717, 1.165) is 0 Å². The standard InChI is InChI=1S/C17H16N2O3/c1-22-16(20)12-11-13-7-5-6-10-15(13)19-17(21)18-14-8-3-2-4-9-14/h2-12H,1H3,(H2,18,19,21). The largest absolute Gasteiger partial charge is 0.466 e. The number of urea groups is 1. The Morgan fingerprint density at radius 1 is 0.955 bits per heavy atom. The molecule has 0 heterocycles. The van der Waals surface area contributed by atoms with Gasteiger partial charge in [0.1, 0.15) is 0 Å². The summed E-state index contributed by atoms with van der Waals surface area (Å²) in [5.74, 6) is -0.455. The second kappa shape index (κ2) is 7.64. The summed E-state index contributed by atoms with van der Waals surface area (Å²) in [6.07, 6.45) is 2.89. The van der Waals surface area contributed by atoms with Crippen molar-refractivity contribution in [2.45, 2.75) is 0 Å². The van der Waals surface area contributed by atoms with Crippen LogP contribution in [0.4, 0.5) is 16.2 Å². The summed E-state index contributed by atoms with van der Waals surface area (Å²) in [6, 6.07) is 15.9. The van der Waals surface area contributed by atoms with E-state index in [4.69, 9.17) is 0 Å². The van der Waals surface area contributed by atoms with Crippen molar-refractivity contribution in [2.75, 3.05) is 17.7 Å². The van der Waals surface area contributed by atoms with Gasteiger partial charge in [0.2, 0.25) is 0 Å². The minimum absolute atomic E-state index is 0.356. The second-order valence-corrected chi connectivity index (χ2v) is 4.39. The van der Waals surface area contributed by atoms with Crippen LogP contribution in [0.25, 0.3) is 6.08 Å². The van der Waals surface area contributed by atoms with E-state index < -0.39 is 5.97 Å². The van der Waals surface area contributed by atoms with E-state index in [1.807, 2.05) is 24.3 Å². The zero-order valence-electron chi connectivity index (χ0n) is 12.1. The molecule has 2 aromatic carbocycles.